The Kier molecular flexibility index (Phi) is 4.76. The molecule has 0 aliphatic carbocycles. The van der Waals surface area contributed by atoms with Gasteiger partial charge in [-0.3, -0.25) is 4.79 Å². The smallest absolute Gasteiger partial charge is 0.221 e. The first kappa shape index (κ1) is 14.3. The zero-order valence-corrected chi connectivity index (χ0v) is 13.3. The third kappa shape index (κ3) is 4.18. The van der Waals surface area contributed by atoms with Crippen LogP contribution >= 0.6 is 27.3 Å². The number of benzene rings is 1. The van der Waals surface area contributed by atoms with Crippen LogP contribution in [-0.2, 0) is 4.79 Å². The molecule has 1 aromatic carbocycles. The van der Waals surface area contributed by atoms with E-state index in [-0.39, 0.29) is 11.9 Å². The second-order valence-corrected chi connectivity index (χ2v) is 6.48. The lowest BCUT2D eigenvalue weighted by atomic mass is 10.3. The minimum absolute atomic E-state index is 0.0614. The Balaban J connectivity index is 1.89. The fourth-order valence-electron chi connectivity index (χ4n) is 1.65. The number of fused-ring (bicyclic) bond motifs is 1. The van der Waals surface area contributed by atoms with E-state index < -0.39 is 0 Å². The summed E-state index contributed by atoms with van der Waals surface area (Å²) in [6.45, 7) is 4.51. The van der Waals surface area contributed by atoms with E-state index in [0.29, 0.717) is 13.0 Å². The molecule has 1 heterocycles. The van der Waals surface area contributed by atoms with Gasteiger partial charge in [-0.2, -0.15) is 0 Å². The summed E-state index contributed by atoms with van der Waals surface area (Å²) in [5, 5.41) is 6.90. The van der Waals surface area contributed by atoms with Crippen LogP contribution in [-0.4, -0.2) is 23.5 Å². The van der Waals surface area contributed by atoms with Crippen LogP contribution in [0.2, 0.25) is 0 Å². The van der Waals surface area contributed by atoms with Crippen LogP contribution in [0.25, 0.3) is 10.2 Å². The first-order valence-corrected chi connectivity index (χ1v) is 7.75. The first-order chi connectivity index (χ1) is 9.04. The molecule has 0 saturated carbocycles. The molecular formula is C13H16BrN3OS. The van der Waals surface area contributed by atoms with Gasteiger partial charge in [-0.05, 0) is 32.0 Å². The van der Waals surface area contributed by atoms with Crippen molar-refractivity contribution in [1.29, 1.82) is 0 Å². The minimum Gasteiger partial charge on any atom is -0.361 e. The number of nitrogens with one attached hydrogen (secondary N) is 2. The number of rotatable bonds is 5. The molecule has 2 aromatic rings. The van der Waals surface area contributed by atoms with Crippen LogP contribution in [0.15, 0.2) is 22.7 Å². The van der Waals surface area contributed by atoms with Gasteiger partial charge in [0, 0.05) is 23.5 Å². The second kappa shape index (κ2) is 6.34. The van der Waals surface area contributed by atoms with Gasteiger partial charge in [0.15, 0.2) is 5.13 Å². The van der Waals surface area contributed by atoms with Crippen molar-refractivity contribution in [2.75, 3.05) is 11.9 Å². The van der Waals surface area contributed by atoms with Crippen molar-refractivity contribution in [3.63, 3.8) is 0 Å². The molecule has 0 atom stereocenters. The molecule has 19 heavy (non-hydrogen) atoms. The summed E-state index contributed by atoms with van der Waals surface area (Å²) < 4.78 is 2.16. The van der Waals surface area contributed by atoms with E-state index in [1.807, 2.05) is 32.0 Å². The molecule has 0 spiro atoms. The normalized spacial score (nSPS) is 10.9. The Labute approximate surface area is 124 Å². The Hall–Kier alpha value is -1.14. The predicted molar refractivity (Wildman–Crippen MR) is 83.7 cm³/mol. The quantitative estimate of drug-likeness (QED) is 0.876. The molecule has 0 aliphatic heterocycles. The number of thiazole rings is 1. The van der Waals surface area contributed by atoms with Gasteiger partial charge < -0.3 is 10.6 Å². The van der Waals surface area contributed by atoms with Gasteiger partial charge in [0.1, 0.15) is 0 Å². The molecule has 0 unspecified atom stereocenters. The molecule has 102 valence electrons. The molecule has 0 saturated heterocycles. The Morgan fingerprint density at radius 1 is 1.47 bits per heavy atom. The van der Waals surface area contributed by atoms with Crippen LogP contribution in [0.4, 0.5) is 5.13 Å². The van der Waals surface area contributed by atoms with Crippen LogP contribution in [0.3, 0.4) is 0 Å². The number of aromatic nitrogens is 1. The molecule has 1 aromatic heterocycles. The van der Waals surface area contributed by atoms with Crippen LogP contribution in [0, 0.1) is 0 Å². The molecular weight excluding hydrogens is 326 g/mol. The van der Waals surface area contributed by atoms with Gasteiger partial charge in [-0.1, -0.05) is 27.3 Å². The van der Waals surface area contributed by atoms with Crippen LogP contribution < -0.4 is 10.6 Å². The summed E-state index contributed by atoms with van der Waals surface area (Å²) in [4.78, 5) is 16.0. The average Bonchev–Trinajstić information content (AvgIpc) is 2.69. The van der Waals surface area contributed by atoms with E-state index in [1.165, 1.54) is 0 Å². The van der Waals surface area contributed by atoms with Crippen molar-refractivity contribution in [2.45, 2.75) is 26.3 Å². The fourth-order valence-corrected chi connectivity index (χ4v) is 2.87. The summed E-state index contributed by atoms with van der Waals surface area (Å²) in [6, 6.07) is 6.21. The zero-order valence-electron chi connectivity index (χ0n) is 10.9. The molecule has 2 rings (SSSR count). The van der Waals surface area contributed by atoms with E-state index in [0.717, 1.165) is 19.8 Å². The van der Waals surface area contributed by atoms with Gasteiger partial charge in [-0.15, -0.1) is 0 Å². The zero-order chi connectivity index (χ0) is 13.8. The summed E-state index contributed by atoms with van der Waals surface area (Å²) in [7, 11) is 0. The number of hydrogen-bond acceptors (Lipinski definition) is 4. The van der Waals surface area contributed by atoms with Crippen molar-refractivity contribution in [2.24, 2.45) is 0 Å². The highest BCUT2D eigenvalue weighted by Gasteiger charge is 2.06. The highest BCUT2D eigenvalue weighted by molar-refractivity contribution is 9.10. The van der Waals surface area contributed by atoms with Gasteiger partial charge in [0.2, 0.25) is 5.91 Å². The minimum atomic E-state index is 0.0614. The largest absolute Gasteiger partial charge is 0.361 e. The van der Waals surface area contributed by atoms with Crippen molar-refractivity contribution in [1.82, 2.24) is 10.3 Å². The standard InChI is InChI=1S/C13H16BrN3OS/c1-8(2)16-12(18)5-6-15-13-17-10-7-9(14)3-4-11(10)19-13/h3-4,7-8H,5-6H2,1-2H3,(H,15,17)(H,16,18). The van der Waals surface area contributed by atoms with E-state index in [1.54, 1.807) is 11.3 Å². The maximum absolute atomic E-state index is 11.5. The van der Waals surface area contributed by atoms with Gasteiger partial charge >= 0.3 is 0 Å². The summed E-state index contributed by atoms with van der Waals surface area (Å²) >= 11 is 5.02. The summed E-state index contributed by atoms with van der Waals surface area (Å²) in [6.07, 6.45) is 0.456. The predicted octanol–water partition coefficient (Wildman–Crippen LogP) is 3.39. The third-order valence-electron chi connectivity index (χ3n) is 2.43. The molecule has 0 bridgehead atoms. The van der Waals surface area contributed by atoms with E-state index in [2.05, 4.69) is 31.5 Å². The maximum atomic E-state index is 11.5. The lowest BCUT2D eigenvalue weighted by Gasteiger charge is -2.08. The topological polar surface area (TPSA) is 54.0 Å². The molecule has 6 heteroatoms. The second-order valence-electron chi connectivity index (χ2n) is 4.53. The van der Waals surface area contributed by atoms with Gasteiger partial charge in [0.25, 0.3) is 0 Å². The Morgan fingerprint density at radius 2 is 2.26 bits per heavy atom. The van der Waals surface area contributed by atoms with Crippen LogP contribution in [0.5, 0.6) is 0 Å². The highest BCUT2D eigenvalue weighted by atomic mass is 79.9. The number of amides is 1. The Bertz CT molecular complexity index is 582. The number of anilines is 1. The SMILES string of the molecule is CC(C)NC(=O)CCNc1nc2cc(Br)ccc2s1. The molecule has 2 N–H and O–H groups in total. The highest BCUT2D eigenvalue weighted by Crippen LogP contribution is 2.27. The maximum Gasteiger partial charge on any atom is 0.221 e. The number of hydrogen-bond donors (Lipinski definition) is 2. The van der Waals surface area contributed by atoms with Crippen molar-refractivity contribution >= 4 is 48.5 Å². The third-order valence-corrected chi connectivity index (χ3v) is 3.91. The monoisotopic (exact) mass is 341 g/mol. The van der Waals surface area contributed by atoms with Gasteiger partial charge in [0.05, 0.1) is 10.2 Å². The fraction of sp³-hybridized carbons (Fsp3) is 0.385. The average molecular weight is 342 g/mol. The lowest BCUT2D eigenvalue weighted by Crippen LogP contribution is -2.31. The van der Waals surface area contributed by atoms with E-state index in [4.69, 9.17) is 0 Å². The lowest BCUT2D eigenvalue weighted by molar-refractivity contribution is -0.121. The first-order valence-electron chi connectivity index (χ1n) is 6.14. The number of carbonyl (C=O) groups is 1. The Morgan fingerprint density at radius 3 is 3.00 bits per heavy atom. The van der Waals surface area contributed by atoms with E-state index in [9.17, 15) is 4.79 Å². The number of halogens is 1. The number of carbonyl (C=O) groups excluding carboxylic acids is 1. The molecule has 0 radical (unpaired) electrons. The van der Waals surface area contributed by atoms with Crippen molar-refractivity contribution < 1.29 is 4.79 Å². The summed E-state index contributed by atoms with van der Waals surface area (Å²) in [5.41, 5.74) is 0.966. The van der Waals surface area contributed by atoms with Gasteiger partial charge in [-0.25, -0.2) is 4.98 Å². The van der Waals surface area contributed by atoms with Crippen molar-refractivity contribution in [3.8, 4) is 0 Å². The molecule has 0 aliphatic rings. The van der Waals surface area contributed by atoms with Crippen molar-refractivity contribution in [3.05, 3.63) is 22.7 Å². The number of nitrogens with zero attached hydrogens (tertiary/aromatic N) is 1. The summed E-state index contributed by atoms with van der Waals surface area (Å²) in [5.74, 6) is 0.0614. The van der Waals surface area contributed by atoms with E-state index >= 15 is 0 Å². The molecule has 4 nitrogen and oxygen atoms in total. The molecule has 1 amide bonds. The molecule has 0 fully saturated rings. The van der Waals surface area contributed by atoms with Crippen LogP contribution in [0.1, 0.15) is 20.3 Å².